The van der Waals surface area contributed by atoms with Crippen LogP contribution in [0.25, 0.3) is 0 Å². The largest absolute Gasteiger partial charge is 0.494 e. The number of rotatable bonds is 15. The molecule has 1 heterocycles. The van der Waals surface area contributed by atoms with Gasteiger partial charge in [0, 0.05) is 69.4 Å². The summed E-state index contributed by atoms with van der Waals surface area (Å²) in [4.78, 5) is 28.1. The summed E-state index contributed by atoms with van der Waals surface area (Å²) in [5.41, 5.74) is 1.38. The molecular formula is C30H43N3O7. The van der Waals surface area contributed by atoms with Crippen LogP contribution in [0.3, 0.4) is 0 Å². The number of alkyl carbamates (subject to hydrolysis) is 1. The Morgan fingerprint density at radius 3 is 2.55 bits per heavy atom. The number of carbonyl (C=O) groups excluding carboxylic acids is 2. The molecule has 0 bridgehead atoms. The van der Waals surface area contributed by atoms with E-state index < -0.39 is 6.09 Å². The van der Waals surface area contributed by atoms with Crippen molar-refractivity contribution < 1.29 is 33.3 Å². The maximum absolute atomic E-state index is 13.6. The van der Waals surface area contributed by atoms with E-state index in [0.29, 0.717) is 63.1 Å². The fraction of sp³-hybridized carbons (Fsp3) is 0.533. The van der Waals surface area contributed by atoms with Gasteiger partial charge in [-0.2, -0.15) is 0 Å². The van der Waals surface area contributed by atoms with Crippen molar-refractivity contribution in [1.82, 2.24) is 15.5 Å². The van der Waals surface area contributed by atoms with Gasteiger partial charge in [-0.15, -0.1) is 0 Å². The zero-order valence-corrected chi connectivity index (χ0v) is 24.2. The van der Waals surface area contributed by atoms with Crippen molar-refractivity contribution in [3.05, 3.63) is 53.6 Å². The summed E-state index contributed by atoms with van der Waals surface area (Å²) in [6.45, 7) is 9.34. The van der Waals surface area contributed by atoms with Crippen LogP contribution in [0.4, 0.5) is 4.79 Å². The van der Waals surface area contributed by atoms with Gasteiger partial charge in [-0.05, 0) is 45.0 Å². The van der Waals surface area contributed by atoms with Crippen molar-refractivity contribution in [2.75, 3.05) is 53.7 Å². The van der Waals surface area contributed by atoms with Gasteiger partial charge in [-0.25, -0.2) is 4.79 Å². The van der Waals surface area contributed by atoms with Crippen LogP contribution in [-0.4, -0.2) is 82.7 Å². The summed E-state index contributed by atoms with van der Waals surface area (Å²) >= 11 is 0. The number of benzene rings is 2. The van der Waals surface area contributed by atoms with Crippen LogP contribution < -0.4 is 24.8 Å². The lowest BCUT2D eigenvalue weighted by atomic mass is 10.0. The van der Waals surface area contributed by atoms with Crippen molar-refractivity contribution in [2.24, 2.45) is 5.92 Å². The van der Waals surface area contributed by atoms with Crippen LogP contribution in [0, 0.1) is 5.92 Å². The first-order chi connectivity index (χ1) is 19.4. The Morgan fingerprint density at radius 2 is 1.82 bits per heavy atom. The normalized spacial score (nSPS) is 16.4. The SMILES string of the molecule is CCOc1ccccc1CNC(=O)O[C@@H]1CNC[C@@H]1CN(C(=O)c1ccc(OC)c(OCCCOC)c1)C(C)C. The second kappa shape index (κ2) is 15.9. The van der Waals surface area contributed by atoms with Crippen LogP contribution in [0.1, 0.15) is 43.1 Å². The number of hydrogen-bond donors (Lipinski definition) is 2. The molecule has 2 amide bonds. The zero-order valence-electron chi connectivity index (χ0n) is 24.2. The minimum absolute atomic E-state index is 0.0594. The van der Waals surface area contributed by atoms with Crippen LogP contribution in [0.15, 0.2) is 42.5 Å². The Bertz CT molecular complexity index is 1090. The first-order valence-electron chi connectivity index (χ1n) is 13.8. The topological polar surface area (TPSA) is 108 Å². The predicted molar refractivity (Wildman–Crippen MR) is 152 cm³/mol. The monoisotopic (exact) mass is 557 g/mol. The molecular weight excluding hydrogens is 514 g/mol. The van der Waals surface area contributed by atoms with Crippen molar-refractivity contribution >= 4 is 12.0 Å². The molecule has 0 spiro atoms. The average molecular weight is 558 g/mol. The fourth-order valence-electron chi connectivity index (χ4n) is 4.58. The second-order valence-electron chi connectivity index (χ2n) is 9.87. The Labute approximate surface area is 237 Å². The molecule has 2 aromatic rings. The van der Waals surface area contributed by atoms with E-state index in [9.17, 15) is 9.59 Å². The van der Waals surface area contributed by atoms with Gasteiger partial charge in [0.25, 0.3) is 5.91 Å². The summed E-state index contributed by atoms with van der Waals surface area (Å²) in [6, 6.07) is 12.7. The van der Waals surface area contributed by atoms with Gasteiger partial charge in [0.15, 0.2) is 11.5 Å². The average Bonchev–Trinajstić information content (AvgIpc) is 3.39. The molecule has 1 aliphatic rings. The molecule has 40 heavy (non-hydrogen) atoms. The highest BCUT2D eigenvalue weighted by atomic mass is 16.6. The van der Waals surface area contributed by atoms with Gasteiger partial charge in [0.05, 0.1) is 20.3 Å². The molecule has 0 aliphatic carbocycles. The third-order valence-corrected chi connectivity index (χ3v) is 6.71. The van der Waals surface area contributed by atoms with Crippen molar-refractivity contribution in [2.45, 2.75) is 45.9 Å². The quantitative estimate of drug-likeness (QED) is 0.318. The number of methoxy groups -OCH3 is 2. The minimum atomic E-state index is -0.502. The van der Waals surface area contributed by atoms with Crippen LogP contribution in [-0.2, 0) is 16.0 Å². The second-order valence-corrected chi connectivity index (χ2v) is 9.87. The summed E-state index contributed by atoms with van der Waals surface area (Å²) < 4.78 is 27.8. The van der Waals surface area contributed by atoms with Gasteiger partial charge < -0.3 is 39.2 Å². The lowest BCUT2D eigenvalue weighted by Gasteiger charge is -2.31. The van der Waals surface area contributed by atoms with Gasteiger partial charge in [0.1, 0.15) is 11.9 Å². The molecule has 1 aliphatic heterocycles. The van der Waals surface area contributed by atoms with Gasteiger partial charge in [-0.1, -0.05) is 18.2 Å². The number of para-hydroxylation sites is 1. The molecule has 10 heteroatoms. The lowest BCUT2D eigenvalue weighted by molar-refractivity contribution is 0.0521. The number of carbonyl (C=O) groups is 2. The Kier molecular flexibility index (Phi) is 12.4. The molecule has 0 radical (unpaired) electrons. The molecule has 1 saturated heterocycles. The number of nitrogens with zero attached hydrogens (tertiary/aromatic N) is 1. The summed E-state index contributed by atoms with van der Waals surface area (Å²) in [5.74, 6) is 1.63. The molecule has 220 valence electrons. The maximum Gasteiger partial charge on any atom is 0.407 e. The third-order valence-electron chi connectivity index (χ3n) is 6.71. The van der Waals surface area contributed by atoms with Crippen LogP contribution in [0.5, 0.6) is 17.2 Å². The first kappa shape index (κ1) is 31.0. The standard InChI is InChI=1S/C30H43N3O7/c1-6-38-25-11-8-7-10-23(25)18-32-30(35)40-28-19-31-17-24(28)20-33(21(2)3)29(34)22-12-13-26(37-5)27(16-22)39-15-9-14-36-4/h7-8,10-13,16,21,24,28,31H,6,9,14-15,17-20H2,1-5H3,(H,32,35)/t24-,28-/m1/s1. The van der Waals surface area contributed by atoms with Gasteiger partial charge in [-0.3, -0.25) is 4.79 Å². The van der Waals surface area contributed by atoms with Crippen LogP contribution >= 0.6 is 0 Å². The highest BCUT2D eigenvalue weighted by molar-refractivity contribution is 5.95. The van der Waals surface area contributed by atoms with Crippen molar-refractivity contribution in [3.63, 3.8) is 0 Å². The lowest BCUT2D eigenvalue weighted by Crippen LogP contribution is -2.44. The summed E-state index contributed by atoms with van der Waals surface area (Å²) in [5, 5.41) is 6.13. The Morgan fingerprint density at radius 1 is 1.02 bits per heavy atom. The molecule has 0 aromatic heterocycles. The number of hydrogen-bond acceptors (Lipinski definition) is 8. The molecule has 1 fully saturated rings. The van der Waals surface area contributed by atoms with E-state index in [1.165, 1.54) is 0 Å². The molecule has 0 unspecified atom stereocenters. The molecule has 2 aromatic carbocycles. The van der Waals surface area contributed by atoms with Crippen LogP contribution in [0.2, 0.25) is 0 Å². The van der Waals surface area contributed by atoms with E-state index >= 15 is 0 Å². The molecule has 2 atom stereocenters. The third kappa shape index (κ3) is 8.76. The number of nitrogens with one attached hydrogen (secondary N) is 2. The van der Waals surface area contributed by atoms with E-state index in [0.717, 1.165) is 17.7 Å². The van der Waals surface area contributed by atoms with E-state index in [1.54, 1.807) is 37.3 Å². The minimum Gasteiger partial charge on any atom is -0.494 e. The Hall–Kier alpha value is -3.50. The molecule has 2 N–H and O–H groups in total. The number of amides is 2. The van der Waals surface area contributed by atoms with E-state index in [2.05, 4.69) is 10.6 Å². The van der Waals surface area contributed by atoms with E-state index in [1.807, 2.05) is 45.0 Å². The highest BCUT2D eigenvalue weighted by Crippen LogP contribution is 2.29. The molecule has 0 saturated carbocycles. The summed E-state index contributed by atoms with van der Waals surface area (Å²) in [6.07, 6.45) is -0.150. The predicted octanol–water partition coefficient (Wildman–Crippen LogP) is 3.87. The molecule has 10 nitrogen and oxygen atoms in total. The smallest absolute Gasteiger partial charge is 0.407 e. The van der Waals surface area contributed by atoms with Gasteiger partial charge in [0.2, 0.25) is 0 Å². The number of ether oxygens (including phenoxy) is 5. The summed E-state index contributed by atoms with van der Waals surface area (Å²) in [7, 11) is 3.21. The Balaban J connectivity index is 1.63. The first-order valence-corrected chi connectivity index (χ1v) is 13.8. The van der Waals surface area contributed by atoms with E-state index in [4.69, 9.17) is 23.7 Å². The van der Waals surface area contributed by atoms with E-state index in [-0.39, 0.29) is 24.0 Å². The highest BCUT2D eigenvalue weighted by Gasteiger charge is 2.34. The zero-order chi connectivity index (χ0) is 28.9. The van der Waals surface area contributed by atoms with Gasteiger partial charge >= 0.3 is 6.09 Å². The molecule has 3 rings (SSSR count). The van der Waals surface area contributed by atoms with Crippen molar-refractivity contribution in [3.8, 4) is 17.2 Å². The fourth-order valence-corrected chi connectivity index (χ4v) is 4.58. The maximum atomic E-state index is 13.6. The van der Waals surface area contributed by atoms with Crippen molar-refractivity contribution in [1.29, 1.82) is 0 Å².